The molecule has 0 saturated heterocycles. The maximum Gasteiger partial charge on any atom is 0.346 e. The van der Waals surface area contributed by atoms with Crippen molar-refractivity contribution in [3.05, 3.63) is 92.6 Å². The predicted octanol–water partition coefficient (Wildman–Crippen LogP) is 4.01. The number of amides is 1. The monoisotopic (exact) mass is 679 g/mol. The Morgan fingerprint density at radius 1 is 1.20 bits per heavy atom. The van der Waals surface area contributed by atoms with Gasteiger partial charge in [0, 0.05) is 42.8 Å². The molecule has 5 rings (SSSR count). The number of sulfone groups is 1. The zero-order valence-electron chi connectivity index (χ0n) is 23.1. The van der Waals surface area contributed by atoms with Crippen molar-refractivity contribution in [2.24, 2.45) is 5.73 Å². The van der Waals surface area contributed by atoms with Gasteiger partial charge in [-0.1, -0.05) is 23.2 Å². The van der Waals surface area contributed by atoms with Crippen LogP contribution in [0.25, 0.3) is 0 Å². The van der Waals surface area contributed by atoms with Crippen molar-refractivity contribution in [2.75, 3.05) is 24.4 Å². The average molecular weight is 681 g/mol. The minimum Gasteiger partial charge on any atom is -0.497 e. The summed E-state index contributed by atoms with van der Waals surface area (Å²) in [6, 6.07) is 10.6. The van der Waals surface area contributed by atoms with E-state index >= 15 is 0 Å². The molecule has 0 saturated carbocycles. The van der Waals surface area contributed by atoms with Gasteiger partial charge >= 0.3 is 5.97 Å². The molecule has 4 aromatic rings. The summed E-state index contributed by atoms with van der Waals surface area (Å²) >= 11 is 13.4. The summed E-state index contributed by atoms with van der Waals surface area (Å²) < 4.78 is 35.8. The number of thiophene rings is 1. The minimum absolute atomic E-state index is 0.0979. The summed E-state index contributed by atoms with van der Waals surface area (Å²) in [6.45, 7) is 0.337. The molecule has 44 heavy (non-hydrogen) atoms. The van der Waals surface area contributed by atoms with Gasteiger partial charge in [0.25, 0.3) is 5.91 Å². The highest BCUT2D eigenvalue weighted by molar-refractivity contribution is 7.91. The lowest BCUT2D eigenvalue weighted by Crippen LogP contribution is -2.47. The number of nitrogens with zero attached hydrogens (tertiary/aromatic N) is 3. The largest absolute Gasteiger partial charge is 0.497 e. The highest BCUT2D eigenvalue weighted by atomic mass is 35.5. The molecule has 4 N–H and O–H groups in total. The summed E-state index contributed by atoms with van der Waals surface area (Å²) in [6.07, 6.45) is 3.65. The van der Waals surface area contributed by atoms with E-state index in [9.17, 15) is 23.1 Å². The number of carbonyl (C=O) groups excluding carboxylic acids is 1. The Hall–Kier alpha value is -3.79. The number of methoxy groups -OCH3 is 1. The minimum atomic E-state index is -3.61. The molecule has 2 aromatic heterocycles. The third-order valence-corrected chi connectivity index (χ3v) is 9.58. The van der Waals surface area contributed by atoms with Gasteiger partial charge in [0.1, 0.15) is 22.3 Å². The van der Waals surface area contributed by atoms with Gasteiger partial charge in [0.2, 0.25) is 6.10 Å². The van der Waals surface area contributed by atoms with Gasteiger partial charge in [-0.3, -0.25) is 25.0 Å². The van der Waals surface area contributed by atoms with Gasteiger partial charge in [-0.15, -0.1) is 11.3 Å². The molecule has 0 spiro atoms. The van der Waals surface area contributed by atoms with E-state index in [1.165, 1.54) is 42.3 Å². The number of aliphatic carboxylic acids is 1. The van der Waals surface area contributed by atoms with E-state index < -0.39 is 27.8 Å². The number of hydrogen-bond acceptors (Lipinski definition) is 11. The second kappa shape index (κ2) is 14.8. The third kappa shape index (κ3) is 8.02. The number of anilines is 1. The van der Waals surface area contributed by atoms with Crippen molar-refractivity contribution in [1.29, 1.82) is 0 Å². The van der Waals surface area contributed by atoms with Crippen LogP contribution in [0.2, 0.25) is 10.0 Å². The topological polar surface area (TPSA) is 174 Å². The molecule has 0 fully saturated rings. The van der Waals surface area contributed by atoms with Crippen molar-refractivity contribution >= 4 is 61.9 Å². The molecule has 0 radical (unpaired) electrons. The molecule has 0 bridgehead atoms. The summed E-state index contributed by atoms with van der Waals surface area (Å²) in [5.74, 6) is -1.37. The van der Waals surface area contributed by atoms with Crippen LogP contribution in [0, 0.1) is 0 Å². The number of aromatic nitrogens is 2. The second-order valence-corrected chi connectivity index (χ2v) is 12.8. The maximum atomic E-state index is 13.4. The average Bonchev–Trinajstić information content (AvgIpc) is 3.40. The van der Waals surface area contributed by atoms with Crippen LogP contribution in [0.5, 0.6) is 11.5 Å². The van der Waals surface area contributed by atoms with Crippen LogP contribution in [0.15, 0.2) is 71.3 Å². The smallest absolute Gasteiger partial charge is 0.346 e. The van der Waals surface area contributed by atoms with Crippen LogP contribution < -0.4 is 25.4 Å². The van der Waals surface area contributed by atoms with Crippen LogP contribution in [-0.4, -0.2) is 61.0 Å². The van der Waals surface area contributed by atoms with Crippen LogP contribution >= 0.6 is 34.5 Å². The van der Waals surface area contributed by atoms with Crippen molar-refractivity contribution in [2.45, 2.75) is 24.1 Å². The molecule has 1 aliphatic rings. The Morgan fingerprint density at radius 3 is 2.57 bits per heavy atom. The van der Waals surface area contributed by atoms with Gasteiger partial charge in [-0.2, -0.15) is 0 Å². The van der Waals surface area contributed by atoms with Gasteiger partial charge in [-0.05, 0) is 47.3 Å². The van der Waals surface area contributed by atoms with E-state index in [2.05, 4.69) is 15.3 Å². The fourth-order valence-electron chi connectivity index (χ4n) is 3.96. The Labute approximate surface area is 267 Å². The number of carboxylic acids is 1. The van der Waals surface area contributed by atoms with Gasteiger partial charge in [0.15, 0.2) is 9.84 Å². The third-order valence-electron chi connectivity index (χ3n) is 6.20. The number of ether oxygens (including phenoxy) is 2. The van der Waals surface area contributed by atoms with E-state index in [4.69, 9.17) is 38.4 Å². The van der Waals surface area contributed by atoms with E-state index in [0.717, 1.165) is 17.0 Å². The number of nitrogens with two attached hydrogens (primary N) is 1. The first-order valence-corrected chi connectivity index (χ1v) is 16.1. The first-order chi connectivity index (χ1) is 21.0. The van der Waals surface area contributed by atoms with E-state index in [1.54, 1.807) is 36.1 Å². The number of rotatable bonds is 9. The number of carbonyl (C=O) groups is 2. The lowest BCUT2D eigenvalue weighted by atomic mass is 10.1. The molecule has 0 aliphatic carbocycles. The standard InChI is InChI=1S/C23H20Cl2N2O7S2.C5H7N3/c1-33-15-4-7-18-17(8-15)27(10-19(34-18)23(29)30)22(28)21-20(25)13(11-35-21)9-26-12-36(31,32)16-5-2-14(24)3-6-16;6-3-5-4-7-1-2-8-5/h2-8,11,19,26H,9-10,12H2,1H3,(H,29,30);1-2,4H,3,6H2. The fourth-order valence-corrected chi connectivity index (χ4v) is 6.48. The molecule has 1 aliphatic heterocycles. The lowest BCUT2D eigenvalue weighted by Gasteiger charge is -2.33. The predicted molar refractivity (Wildman–Crippen MR) is 166 cm³/mol. The van der Waals surface area contributed by atoms with Crippen LogP contribution in [0.4, 0.5) is 5.69 Å². The zero-order chi connectivity index (χ0) is 31.9. The molecule has 1 unspecified atom stereocenters. The molecule has 3 heterocycles. The quantitative estimate of drug-likeness (QED) is 0.233. The van der Waals surface area contributed by atoms with Crippen molar-refractivity contribution in [3.8, 4) is 11.5 Å². The van der Waals surface area contributed by atoms with Crippen LogP contribution in [0.1, 0.15) is 20.9 Å². The normalized spacial score (nSPS) is 14.1. The van der Waals surface area contributed by atoms with Gasteiger partial charge in [-0.25, -0.2) is 13.2 Å². The summed E-state index contributed by atoms with van der Waals surface area (Å²) in [4.78, 5) is 34.4. The number of nitrogens with one attached hydrogen (secondary N) is 1. The summed E-state index contributed by atoms with van der Waals surface area (Å²) in [7, 11) is -2.13. The van der Waals surface area contributed by atoms with E-state index in [1.807, 2.05) is 0 Å². The first-order valence-electron chi connectivity index (χ1n) is 12.8. The van der Waals surface area contributed by atoms with Gasteiger partial charge < -0.3 is 20.3 Å². The summed E-state index contributed by atoms with van der Waals surface area (Å²) in [5, 5.41) is 14.6. The molecule has 12 nitrogen and oxygen atoms in total. The van der Waals surface area contributed by atoms with E-state index in [-0.39, 0.29) is 39.5 Å². The molecule has 16 heteroatoms. The van der Waals surface area contributed by atoms with Crippen molar-refractivity contribution in [3.63, 3.8) is 0 Å². The highest BCUT2D eigenvalue weighted by Crippen LogP contribution is 2.39. The number of halogens is 2. The molecule has 1 atom stereocenters. The van der Waals surface area contributed by atoms with Crippen molar-refractivity contribution in [1.82, 2.24) is 15.3 Å². The Kier molecular flexibility index (Phi) is 11.1. The lowest BCUT2D eigenvalue weighted by molar-refractivity contribution is -0.144. The van der Waals surface area contributed by atoms with Crippen LogP contribution in [0.3, 0.4) is 0 Å². The van der Waals surface area contributed by atoms with Crippen LogP contribution in [-0.2, 0) is 27.7 Å². The first kappa shape index (κ1) is 33.1. The Morgan fingerprint density at radius 2 is 1.95 bits per heavy atom. The second-order valence-electron chi connectivity index (χ2n) is 9.14. The number of benzene rings is 2. The van der Waals surface area contributed by atoms with Gasteiger partial charge in [0.05, 0.1) is 35.0 Å². The fraction of sp³-hybridized carbons (Fsp3) is 0.214. The molecule has 232 valence electrons. The number of fused-ring (bicyclic) bond motifs is 1. The molecular weight excluding hydrogens is 653 g/mol. The number of carboxylic acid groups (broad SMARTS) is 1. The van der Waals surface area contributed by atoms with Crippen molar-refractivity contribution < 1.29 is 32.6 Å². The van der Waals surface area contributed by atoms with E-state index in [0.29, 0.717) is 28.6 Å². The number of hydrogen-bond donors (Lipinski definition) is 3. The molecule has 1 amide bonds. The summed E-state index contributed by atoms with van der Waals surface area (Å²) in [5.41, 5.74) is 6.96. The molecular formula is C28H27Cl2N5O7S2. The molecule has 2 aromatic carbocycles. The Bertz CT molecular complexity index is 1720. The SMILES string of the molecule is COc1ccc2c(c1)N(C(=O)c1scc(CNCS(=O)(=O)c3ccc(Cl)cc3)c1Cl)CC(C(=O)O)O2.NCc1cnccn1. The Balaban J connectivity index is 0.000000479. The maximum absolute atomic E-state index is 13.4. The zero-order valence-corrected chi connectivity index (χ0v) is 26.3. The highest BCUT2D eigenvalue weighted by Gasteiger charge is 2.36.